The molecule has 0 saturated heterocycles. The van der Waals surface area contributed by atoms with Crippen LogP contribution in [-0.2, 0) is 23.7 Å². The number of para-hydroxylation sites is 2. The number of rotatable bonds is 2. The lowest BCUT2D eigenvalue weighted by atomic mass is 9.63. The Kier molecular flexibility index (Phi) is 5.15. The van der Waals surface area contributed by atoms with Crippen molar-refractivity contribution in [3.8, 4) is 0 Å². The van der Waals surface area contributed by atoms with Crippen LogP contribution in [0.25, 0.3) is 6.08 Å². The Hall–Kier alpha value is -3.84. The maximum absolute atomic E-state index is 4.13. The summed E-state index contributed by atoms with van der Waals surface area (Å²) in [6.45, 7) is 9.05. The van der Waals surface area contributed by atoms with E-state index >= 15 is 0 Å². The summed E-state index contributed by atoms with van der Waals surface area (Å²) in [4.78, 5) is 2.56. The lowest BCUT2D eigenvalue weighted by Crippen LogP contribution is -2.39. The van der Waals surface area contributed by atoms with Gasteiger partial charge in [-0.25, -0.2) is 0 Å². The van der Waals surface area contributed by atoms with Gasteiger partial charge in [0.25, 0.3) is 0 Å². The lowest BCUT2D eigenvalue weighted by Gasteiger charge is -2.42. The molecule has 3 aromatic rings. The van der Waals surface area contributed by atoms with E-state index in [1.54, 1.807) is 16.7 Å². The molecule has 4 atom stereocenters. The summed E-state index contributed by atoms with van der Waals surface area (Å²) < 4.78 is 0. The number of fused-ring (bicyclic) bond motifs is 7. The topological polar surface area (TPSA) is 3.24 Å². The molecule has 0 saturated carbocycles. The van der Waals surface area contributed by atoms with Gasteiger partial charge in [-0.3, -0.25) is 0 Å². The summed E-state index contributed by atoms with van der Waals surface area (Å²) in [7, 11) is 0. The van der Waals surface area contributed by atoms with Crippen LogP contribution >= 0.6 is 0 Å². The molecule has 5 aliphatic rings. The van der Waals surface area contributed by atoms with Crippen molar-refractivity contribution in [2.45, 2.75) is 56.8 Å². The van der Waals surface area contributed by atoms with Crippen molar-refractivity contribution in [1.29, 1.82) is 0 Å². The normalized spacial score (nSPS) is 29.4. The number of benzene rings is 3. The van der Waals surface area contributed by atoms with Gasteiger partial charge in [0, 0.05) is 33.8 Å². The first-order chi connectivity index (χ1) is 19.5. The van der Waals surface area contributed by atoms with E-state index in [9.17, 15) is 0 Å². The van der Waals surface area contributed by atoms with Crippen molar-refractivity contribution in [3.63, 3.8) is 0 Å². The fourth-order valence-electron chi connectivity index (χ4n) is 8.79. The first kappa shape index (κ1) is 24.0. The molecule has 0 bridgehead atoms. The molecule has 0 fully saturated rings. The second kappa shape index (κ2) is 8.58. The highest BCUT2D eigenvalue weighted by Crippen LogP contribution is 2.65. The van der Waals surface area contributed by atoms with Gasteiger partial charge >= 0.3 is 0 Å². The number of allylic oxidation sites excluding steroid dienone is 7. The summed E-state index contributed by atoms with van der Waals surface area (Å²) in [5.41, 5.74) is 14.4. The van der Waals surface area contributed by atoms with Gasteiger partial charge < -0.3 is 4.90 Å². The van der Waals surface area contributed by atoms with E-state index in [2.05, 4.69) is 122 Å². The zero-order valence-electron chi connectivity index (χ0n) is 23.7. The Labute approximate surface area is 238 Å². The van der Waals surface area contributed by atoms with E-state index in [4.69, 9.17) is 0 Å². The molecule has 0 amide bonds. The van der Waals surface area contributed by atoms with Gasteiger partial charge in [0.05, 0.1) is 0 Å². The summed E-state index contributed by atoms with van der Waals surface area (Å²) in [5.74, 6) is 1.01. The van der Waals surface area contributed by atoms with Crippen LogP contribution in [0.3, 0.4) is 0 Å². The largest absolute Gasteiger partial charge is 0.310 e. The van der Waals surface area contributed by atoms with Crippen LogP contribution in [0.5, 0.6) is 0 Å². The van der Waals surface area contributed by atoms with Gasteiger partial charge in [-0.1, -0.05) is 111 Å². The van der Waals surface area contributed by atoms with E-state index < -0.39 is 0 Å². The third-order valence-electron chi connectivity index (χ3n) is 10.8. The van der Waals surface area contributed by atoms with Crippen LogP contribution in [0, 0.1) is 11.8 Å². The molecule has 40 heavy (non-hydrogen) atoms. The molecule has 198 valence electrons. The predicted octanol–water partition coefficient (Wildman–Crippen LogP) is 9.53. The molecule has 8 rings (SSSR count). The number of nitrogens with zero attached hydrogens (tertiary/aromatic N) is 1. The average molecular weight is 520 g/mol. The first-order valence-corrected chi connectivity index (χ1v) is 15.0. The summed E-state index contributed by atoms with van der Waals surface area (Å²) in [6, 6.07) is 25.2. The van der Waals surface area contributed by atoms with Gasteiger partial charge in [-0.15, -0.1) is 0 Å². The van der Waals surface area contributed by atoms with E-state index in [0.29, 0.717) is 11.8 Å². The zero-order chi connectivity index (χ0) is 27.1. The molecule has 1 heteroatoms. The Bertz CT molecular complexity index is 1650. The maximum Gasteiger partial charge on any atom is 0.0493 e. The molecule has 1 nitrogen and oxygen atoms in total. The van der Waals surface area contributed by atoms with Crippen LogP contribution < -0.4 is 4.90 Å². The van der Waals surface area contributed by atoms with Gasteiger partial charge in [0.15, 0.2) is 0 Å². The van der Waals surface area contributed by atoms with Crippen molar-refractivity contribution in [2.24, 2.45) is 11.8 Å². The molecule has 1 aliphatic heterocycles. The number of hydrogen-bond donors (Lipinski definition) is 0. The highest BCUT2D eigenvalue weighted by molar-refractivity contribution is 5.77. The molecule has 0 radical (unpaired) electrons. The summed E-state index contributed by atoms with van der Waals surface area (Å²) in [6.07, 6.45) is 20.1. The van der Waals surface area contributed by atoms with Gasteiger partial charge in [0.2, 0.25) is 0 Å². The number of hydrogen-bond acceptors (Lipinski definition) is 1. The van der Waals surface area contributed by atoms with Crippen LogP contribution in [0.2, 0.25) is 0 Å². The number of aryl methyl sites for hydroxylation is 2. The van der Waals surface area contributed by atoms with Gasteiger partial charge in [0.1, 0.15) is 0 Å². The minimum absolute atomic E-state index is 0.0367. The molecule has 0 N–H and O–H groups in total. The minimum atomic E-state index is -0.0367. The monoisotopic (exact) mass is 519 g/mol. The van der Waals surface area contributed by atoms with Crippen molar-refractivity contribution >= 4 is 17.5 Å². The Morgan fingerprint density at radius 2 is 1.60 bits per heavy atom. The van der Waals surface area contributed by atoms with Crippen LogP contribution in [0.4, 0.5) is 11.4 Å². The highest BCUT2D eigenvalue weighted by atomic mass is 15.2. The molecular formula is C39H37N. The van der Waals surface area contributed by atoms with Crippen molar-refractivity contribution in [1.82, 2.24) is 0 Å². The molecule has 3 aromatic carbocycles. The lowest BCUT2D eigenvalue weighted by molar-refractivity contribution is 0.283. The molecular weight excluding hydrogens is 482 g/mol. The van der Waals surface area contributed by atoms with E-state index in [0.717, 1.165) is 25.7 Å². The highest BCUT2D eigenvalue weighted by Gasteiger charge is 2.59. The second-order valence-electron chi connectivity index (χ2n) is 12.9. The number of anilines is 2. The second-order valence-corrected chi connectivity index (χ2v) is 12.9. The Balaban J connectivity index is 1.33. The molecule has 1 spiro atoms. The Morgan fingerprint density at radius 1 is 0.875 bits per heavy atom. The van der Waals surface area contributed by atoms with E-state index in [-0.39, 0.29) is 10.8 Å². The summed E-state index contributed by atoms with van der Waals surface area (Å²) in [5, 5.41) is 0. The van der Waals surface area contributed by atoms with Crippen molar-refractivity contribution in [3.05, 3.63) is 148 Å². The maximum atomic E-state index is 4.13. The molecule has 4 aliphatic carbocycles. The van der Waals surface area contributed by atoms with E-state index in [1.165, 1.54) is 45.7 Å². The van der Waals surface area contributed by atoms with Gasteiger partial charge in [-0.05, 0) is 89.6 Å². The van der Waals surface area contributed by atoms with Crippen LogP contribution in [-0.4, -0.2) is 0 Å². The minimum Gasteiger partial charge on any atom is -0.310 e. The quantitative estimate of drug-likeness (QED) is 0.326. The zero-order valence-corrected chi connectivity index (χ0v) is 23.7. The molecule has 0 aromatic heterocycles. The molecule has 4 unspecified atom stereocenters. The Morgan fingerprint density at radius 3 is 2.30 bits per heavy atom. The fraction of sp³-hybridized carbons (Fsp3) is 0.282. The SMILES string of the molecule is C=Cc1ccc2c(c1)C1(CC3=C(C1)C(C)CC=C3)C1C=C(N3c4ccccc4CCc4ccccc43)C=CC21C. The predicted molar refractivity (Wildman–Crippen MR) is 168 cm³/mol. The van der Waals surface area contributed by atoms with Crippen LogP contribution in [0.1, 0.15) is 60.9 Å². The van der Waals surface area contributed by atoms with Crippen molar-refractivity contribution < 1.29 is 0 Å². The average Bonchev–Trinajstić information content (AvgIpc) is 3.41. The summed E-state index contributed by atoms with van der Waals surface area (Å²) >= 11 is 0. The third-order valence-corrected chi connectivity index (χ3v) is 10.8. The van der Waals surface area contributed by atoms with Crippen LogP contribution in [0.15, 0.2) is 121 Å². The molecule has 1 heterocycles. The fourth-order valence-corrected chi connectivity index (χ4v) is 8.79. The van der Waals surface area contributed by atoms with E-state index in [1.807, 2.05) is 6.08 Å². The van der Waals surface area contributed by atoms with Crippen molar-refractivity contribution in [2.75, 3.05) is 4.90 Å². The first-order valence-electron chi connectivity index (χ1n) is 15.0. The third kappa shape index (κ3) is 3.21. The van der Waals surface area contributed by atoms with Gasteiger partial charge in [-0.2, -0.15) is 0 Å². The smallest absolute Gasteiger partial charge is 0.0493 e. The standard InChI is InChI=1S/C39H37N/c1-4-27-16-19-33-34(22-27)39(24-30-13-9-10-26(2)32(30)25-39)37-23-31(20-21-38(33,37)3)40-35-14-7-5-11-28(35)17-18-29-12-6-8-15-36(29)40/h4-9,11-16,19-23,26,37H,1,10,17-18,24-25H2,2-3H3.